The van der Waals surface area contributed by atoms with E-state index in [2.05, 4.69) is 19.2 Å². The molecule has 1 aliphatic rings. The number of carboxylic acids is 1. The fourth-order valence-corrected chi connectivity index (χ4v) is 3.10. The van der Waals surface area contributed by atoms with Gasteiger partial charge in [-0.2, -0.15) is 0 Å². The zero-order valence-electron chi connectivity index (χ0n) is 12.1. The Morgan fingerprint density at radius 1 is 1.32 bits per heavy atom. The predicted octanol–water partition coefficient (Wildman–Crippen LogP) is 2.53. The summed E-state index contributed by atoms with van der Waals surface area (Å²) in [6, 6.07) is 0. The van der Waals surface area contributed by atoms with E-state index < -0.39 is 5.97 Å². The lowest BCUT2D eigenvalue weighted by Gasteiger charge is -2.16. The summed E-state index contributed by atoms with van der Waals surface area (Å²) in [5, 5.41) is 11.7. The van der Waals surface area contributed by atoms with Crippen LogP contribution >= 0.6 is 11.8 Å². The molecule has 19 heavy (non-hydrogen) atoms. The van der Waals surface area contributed by atoms with E-state index in [1.54, 1.807) is 11.8 Å². The van der Waals surface area contributed by atoms with E-state index in [4.69, 9.17) is 5.11 Å². The lowest BCUT2D eigenvalue weighted by atomic mass is 10.1. The van der Waals surface area contributed by atoms with E-state index in [9.17, 15) is 9.59 Å². The minimum atomic E-state index is -0.730. The molecule has 0 bridgehead atoms. The van der Waals surface area contributed by atoms with Crippen LogP contribution in [0.5, 0.6) is 0 Å². The van der Waals surface area contributed by atoms with Crippen LogP contribution in [-0.2, 0) is 9.59 Å². The number of amides is 1. The van der Waals surface area contributed by atoms with Crippen LogP contribution in [0.25, 0.3) is 0 Å². The van der Waals surface area contributed by atoms with E-state index >= 15 is 0 Å². The first-order valence-corrected chi connectivity index (χ1v) is 8.01. The average Bonchev–Trinajstić information content (AvgIpc) is 3.04. The van der Waals surface area contributed by atoms with Crippen molar-refractivity contribution < 1.29 is 14.7 Å². The molecule has 0 spiro atoms. The first-order chi connectivity index (χ1) is 8.84. The molecule has 1 amide bonds. The second-order valence-electron chi connectivity index (χ2n) is 6.00. The molecule has 0 radical (unpaired) electrons. The maximum Gasteiger partial charge on any atom is 0.303 e. The molecule has 4 nitrogen and oxygen atoms in total. The Balaban J connectivity index is 2.21. The first-order valence-electron chi connectivity index (χ1n) is 6.96. The van der Waals surface area contributed by atoms with Crippen LogP contribution in [0.1, 0.15) is 46.5 Å². The van der Waals surface area contributed by atoms with Gasteiger partial charge in [-0.25, -0.2) is 0 Å². The van der Waals surface area contributed by atoms with Gasteiger partial charge in [-0.3, -0.25) is 9.59 Å². The second kappa shape index (κ2) is 7.17. The molecular weight excluding hydrogens is 262 g/mol. The van der Waals surface area contributed by atoms with Gasteiger partial charge in [0.2, 0.25) is 5.91 Å². The van der Waals surface area contributed by atoms with Crippen molar-refractivity contribution in [2.75, 3.05) is 12.3 Å². The largest absolute Gasteiger partial charge is 0.481 e. The molecule has 5 heteroatoms. The number of carboxylic acid groups (broad SMARTS) is 1. The highest BCUT2D eigenvalue weighted by molar-refractivity contribution is 8.00. The van der Waals surface area contributed by atoms with Crippen LogP contribution < -0.4 is 5.32 Å². The minimum Gasteiger partial charge on any atom is -0.481 e. The standard InChI is InChI=1S/C14H25NO3S/c1-10(2)4-7-15-13(18)11(3)19-9-14(5-6-14)8-12(16)17/h10-11H,4-9H2,1-3H3,(H,15,18)(H,16,17). The van der Waals surface area contributed by atoms with Crippen LogP contribution in [-0.4, -0.2) is 34.5 Å². The van der Waals surface area contributed by atoms with Gasteiger partial charge in [0.1, 0.15) is 0 Å². The molecule has 0 heterocycles. The molecule has 1 saturated carbocycles. The molecule has 1 rings (SSSR count). The van der Waals surface area contributed by atoms with Crippen LogP contribution in [0, 0.1) is 11.3 Å². The summed E-state index contributed by atoms with van der Waals surface area (Å²) >= 11 is 1.58. The van der Waals surface area contributed by atoms with Gasteiger partial charge in [0.05, 0.1) is 11.7 Å². The fourth-order valence-electron chi connectivity index (χ4n) is 1.87. The third-order valence-corrected chi connectivity index (χ3v) is 5.01. The highest BCUT2D eigenvalue weighted by Gasteiger charge is 2.44. The SMILES string of the molecule is CC(C)CCNC(=O)C(C)SCC1(CC(=O)O)CC1. The summed E-state index contributed by atoms with van der Waals surface area (Å²) in [5.74, 6) is 0.704. The maximum absolute atomic E-state index is 11.8. The average molecular weight is 287 g/mol. The van der Waals surface area contributed by atoms with Crippen LogP contribution in [0.15, 0.2) is 0 Å². The molecule has 0 aromatic rings. The van der Waals surface area contributed by atoms with Crippen molar-refractivity contribution in [3.05, 3.63) is 0 Å². The number of rotatable bonds is 9. The quantitative estimate of drug-likeness (QED) is 0.684. The molecule has 1 atom stereocenters. The van der Waals surface area contributed by atoms with Crippen molar-refractivity contribution in [3.63, 3.8) is 0 Å². The Morgan fingerprint density at radius 3 is 2.42 bits per heavy atom. The smallest absolute Gasteiger partial charge is 0.303 e. The van der Waals surface area contributed by atoms with Gasteiger partial charge < -0.3 is 10.4 Å². The van der Waals surface area contributed by atoms with E-state index in [0.717, 1.165) is 31.6 Å². The molecule has 0 aromatic carbocycles. The third-order valence-electron chi connectivity index (χ3n) is 3.51. The van der Waals surface area contributed by atoms with Crippen LogP contribution in [0.3, 0.4) is 0 Å². The van der Waals surface area contributed by atoms with Crippen molar-refractivity contribution in [3.8, 4) is 0 Å². The van der Waals surface area contributed by atoms with Crippen molar-refractivity contribution in [1.82, 2.24) is 5.32 Å². The molecule has 1 fully saturated rings. The number of hydrogen-bond acceptors (Lipinski definition) is 3. The third kappa shape index (κ3) is 6.32. The number of nitrogens with one attached hydrogen (secondary N) is 1. The van der Waals surface area contributed by atoms with Gasteiger partial charge in [-0.05, 0) is 37.5 Å². The second-order valence-corrected chi connectivity index (χ2v) is 7.33. The van der Waals surface area contributed by atoms with Gasteiger partial charge in [-0.1, -0.05) is 13.8 Å². The monoisotopic (exact) mass is 287 g/mol. The molecule has 0 aliphatic heterocycles. The van der Waals surface area contributed by atoms with Crippen molar-refractivity contribution in [1.29, 1.82) is 0 Å². The summed E-state index contributed by atoms with van der Waals surface area (Å²) in [4.78, 5) is 22.6. The minimum absolute atomic E-state index is 0.0387. The number of aliphatic carboxylic acids is 1. The number of carbonyl (C=O) groups excluding carboxylic acids is 1. The predicted molar refractivity (Wildman–Crippen MR) is 78.3 cm³/mol. The van der Waals surface area contributed by atoms with Crippen LogP contribution in [0.4, 0.5) is 0 Å². The number of thioether (sulfide) groups is 1. The van der Waals surface area contributed by atoms with E-state index in [1.807, 2.05) is 6.92 Å². The molecule has 1 aliphatic carbocycles. The lowest BCUT2D eigenvalue weighted by molar-refractivity contribution is -0.138. The van der Waals surface area contributed by atoms with E-state index in [-0.39, 0.29) is 23.0 Å². The molecule has 0 saturated heterocycles. The fraction of sp³-hybridized carbons (Fsp3) is 0.857. The van der Waals surface area contributed by atoms with Crippen LogP contribution in [0.2, 0.25) is 0 Å². The topological polar surface area (TPSA) is 66.4 Å². The summed E-state index contributed by atoms with van der Waals surface area (Å²) in [6.45, 7) is 6.88. The Bertz CT molecular complexity index is 327. The Labute approximate surface area is 119 Å². The lowest BCUT2D eigenvalue weighted by Crippen LogP contribution is -2.32. The first kappa shape index (κ1) is 16.3. The number of carbonyl (C=O) groups is 2. The van der Waals surface area contributed by atoms with Gasteiger partial charge in [0, 0.05) is 12.3 Å². The van der Waals surface area contributed by atoms with E-state index in [1.165, 1.54) is 0 Å². The van der Waals surface area contributed by atoms with Gasteiger partial charge in [0.15, 0.2) is 0 Å². The van der Waals surface area contributed by atoms with Gasteiger partial charge >= 0.3 is 5.97 Å². The van der Waals surface area contributed by atoms with E-state index in [0.29, 0.717) is 5.92 Å². The molecule has 1 unspecified atom stereocenters. The summed E-state index contributed by atoms with van der Waals surface area (Å²) < 4.78 is 0. The zero-order chi connectivity index (χ0) is 14.5. The highest BCUT2D eigenvalue weighted by Crippen LogP contribution is 2.51. The normalized spacial score (nSPS) is 18.1. The molecular formula is C14H25NO3S. The van der Waals surface area contributed by atoms with Gasteiger partial charge in [0.25, 0.3) is 0 Å². The Kier molecular flexibility index (Phi) is 6.17. The molecule has 0 aromatic heterocycles. The molecule has 2 N–H and O–H groups in total. The Morgan fingerprint density at radius 2 is 1.95 bits per heavy atom. The van der Waals surface area contributed by atoms with Crippen molar-refractivity contribution >= 4 is 23.6 Å². The summed E-state index contributed by atoms with van der Waals surface area (Å²) in [5.41, 5.74) is -0.0387. The zero-order valence-corrected chi connectivity index (χ0v) is 12.9. The summed E-state index contributed by atoms with van der Waals surface area (Å²) in [7, 11) is 0. The summed E-state index contributed by atoms with van der Waals surface area (Å²) in [6.07, 6.45) is 3.19. The Hall–Kier alpha value is -0.710. The highest BCUT2D eigenvalue weighted by atomic mass is 32.2. The van der Waals surface area contributed by atoms with Crippen molar-refractivity contribution in [2.24, 2.45) is 11.3 Å². The maximum atomic E-state index is 11.8. The van der Waals surface area contributed by atoms with Gasteiger partial charge in [-0.15, -0.1) is 11.8 Å². The molecule has 110 valence electrons. The van der Waals surface area contributed by atoms with Crippen molar-refractivity contribution in [2.45, 2.75) is 51.7 Å². The number of hydrogen-bond donors (Lipinski definition) is 2.